The Morgan fingerprint density at radius 1 is 1.43 bits per heavy atom. The van der Waals surface area contributed by atoms with Crippen LogP contribution in [0.2, 0.25) is 0 Å². The van der Waals surface area contributed by atoms with E-state index in [1.165, 1.54) is 6.42 Å². The molecule has 0 radical (unpaired) electrons. The molecule has 14 heavy (non-hydrogen) atoms. The van der Waals surface area contributed by atoms with Crippen LogP contribution in [0.5, 0.6) is 0 Å². The second-order valence-electron chi connectivity index (χ2n) is 3.90. The molecule has 0 amide bonds. The van der Waals surface area contributed by atoms with Crippen molar-refractivity contribution in [3.8, 4) is 0 Å². The quantitative estimate of drug-likeness (QED) is 0.884. The number of nitrogens with zero attached hydrogens (tertiary/aromatic N) is 2. The minimum atomic E-state index is 0.578. The topological polar surface area (TPSA) is 37.8 Å². The Morgan fingerprint density at radius 2 is 2.07 bits per heavy atom. The Hall–Kier alpha value is -0.640. The Balaban J connectivity index is 2.38. The summed E-state index contributed by atoms with van der Waals surface area (Å²) in [6.07, 6.45) is 1.23. The van der Waals surface area contributed by atoms with E-state index in [0.29, 0.717) is 5.92 Å². The van der Waals surface area contributed by atoms with Gasteiger partial charge in [-0.25, -0.2) is 9.97 Å². The molecule has 2 rings (SSSR count). The maximum Gasteiger partial charge on any atom is 0.144 e. The van der Waals surface area contributed by atoms with E-state index in [2.05, 4.69) is 38.1 Å². The fraction of sp³-hybridized carbons (Fsp3) is 0.600. The maximum absolute atomic E-state index is 4.50. The number of aromatic nitrogens is 2. The van der Waals surface area contributed by atoms with Crippen molar-refractivity contribution in [3.63, 3.8) is 0 Å². The molecule has 1 aromatic rings. The zero-order valence-electron chi connectivity index (χ0n) is 8.63. The molecule has 0 aliphatic heterocycles. The third kappa shape index (κ3) is 1.63. The molecule has 4 heteroatoms. The highest BCUT2D eigenvalue weighted by molar-refractivity contribution is 9.10. The van der Waals surface area contributed by atoms with Gasteiger partial charge in [-0.1, -0.05) is 6.92 Å². The van der Waals surface area contributed by atoms with Crippen LogP contribution < -0.4 is 5.32 Å². The van der Waals surface area contributed by atoms with Gasteiger partial charge in [0.25, 0.3) is 0 Å². The van der Waals surface area contributed by atoms with E-state index in [0.717, 1.165) is 27.7 Å². The van der Waals surface area contributed by atoms with Gasteiger partial charge in [-0.2, -0.15) is 0 Å². The molecule has 1 saturated carbocycles. The molecule has 1 aromatic heterocycles. The fourth-order valence-electron chi connectivity index (χ4n) is 1.59. The molecular weight excluding hydrogens is 242 g/mol. The summed E-state index contributed by atoms with van der Waals surface area (Å²) in [5.41, 5.74) is 1.01. The van der Waals surface area contributed by atoms with Gasteiger partial charge in [0.05, 0.1) is 10.2 Å². The first-order valence-electron chi connectivity index (χ1n) is 4.85. The number of hydrogen-bond acceptors (Lipinski definition) is 3. The van der Waals surface area contributed by atoms with Crippen LogP contribution in [0, 0.1) is 12.8 Å². The van der Waals surface area contributed by atoms with Gasteiger partial charge in [-0.15, -0.1) is 0 Å². The zero-order valence-corrected chi connectivity index (χ0v) is 10.2. The van der Waals surface area contributed by atoms with Crippen molar-refractivity contribution in [2.45, 2.75) is 26.2 Å². The van der Waals surface area contributed by atoms with Crippen LogP contribution in [0.4, 0.5) is 5.82 Å². The summed E-state index contributed by atoms with van der Waals surface area (Å²) in [6.45, 7) is 4.24. The lowest BCUT2D eigenvalue weighted by Gasteiger charge is -2.07. The van der Waals surface area contributed by atoms with Gasteiger partial charge in [0.1, 0.15) is 11.6 Å². The maximum atomic E-state index is 4.50. The van der Waals surface area contributed by atoms with Crippen LogP contribution in [0.15, 0.2) is 4.47 Å². The summed E-state index contributed by atoms with van der Waals surface area (Å²) in [7, 11) is 1.88. The van der Waals surface area contributed by atoms with Crippen LogP contribution in [0.25, 0.3) is 0 Å². The minimum Gasteiger partial charge on any atom is -0.372 e. The van der Waals surface area contributed by atoms with Crippen molar-refractivity contribution in [1.29, 1.82) is 0 Å². The van der Waals surface area contributed by atoms with Crippen molar-refractivity contribution in [2.75, 3.05) is 12.4 Å². The lowest BCUT2D eigenvalue weighted by Crippen LogP contribution is -2.03. The Kier molecular flexibility index (Phi) is 2.47. The largest absolute Gasteiger partial charge is 0.372 e. The van der Waals surface area contributed by atoms with E-state index in [9.17, 15) is 0 Å². The summed E-state index contributed by atoms with van der Waals surface area (Å²) in [5, 5.41) is 3.08. The van der Waals surface area contributed by atoms with Gasteiger partial charge >= 0.3 is 0 Å². The van der Waals surface area contributed by atoms with Crippen molar-refractivity contribution >= 4 is 21.7 Å². The number of rotatable bonds is 2. The third-order valence-corrected chi connectivity index (χ3v) is 3.66. The first-order chi connectivity index (χ1) is 6.63. The molecule has 1 aliphatic rings. The molecule has 0 bridgehead atoms. The molecule has 1 heterocycles. The van der Waals surface area contributed by atoms with E-state index in [1.807, 2.05) is 14.0 Å². The smallest absolute Gasteiger partial charge is 0.144 e. The van der Waals surface area contributed by atoms with Crippen molar-refractivity contribution < 1.29 is 0 Å². The van der Waals surface area contributed by atoms with Crippen LogP contribution in [0.3, 0.4) is 0 Å². The molecule has 2 atom stereocenters. The Bertz CT molecular complexity index is 365. The zero-order chi connectivity index (χ0) is 10.3. The minimum absolute atomic E-state index is 0.578. The highest BCUT2D eigenvalue weighted by Crippen LogP contribution is 2.46. The van der Waals surface area contributed by atoms with Gasteiger partial charge in [-0.3, -0.25) is 0 Å². The Labute approximate surface area is 92.5 Å². The van der Waals surface area contributed by atoms with Crippen LogP contribution >= 0.6 is 15.9 Å². The summed E-state index contributed by atoms with van der Waals surface area (Å²) >= 11 is 3.47. The Morgan fingerprint density at radius 3 is 2.57 bits per heavy atom. The monoisotopic (exact) mass is 255 g/mol. The van der Waals surface area contributed by atoms with Gasteiger partial charge in [0.15, 0.2) is 0 Å². The molecule has 1 aliphatic carbocycles. The molecule has 76 valence electrons. The second kappa shape index (κ2) is 3.50. The van der Waals surface area contributed by atoms with E-state index in [1.54, 1.807) is 0 Å². The molecule has 3 nitrogen and oxygen atoms in total. The lowest BCUT2D eigenvalue weighted by molar-refractivity contribution is 0.831. The summed E-state index contributed by atoms with van der Waals surface area (Å²) < 4.78 is 0.969. The number of nitrogens with one attached hydrogen (secondary N) is 1. The number of aryl methyl sites for hydroxylation is 1. The third-order valence-electron chi connectivity index (χ3n) is 2.71. The van der Waals surface area contributed by atoms with E-state index in [4.69, 9.17) is 0 Å². The average molecular weight is 256 g/mol. The van der Waals surface area contributed by atoms with Crippen LogP contribution in [0.1, 0.15) is 30.8 Å². The first kappa shape index (κ1) is 9.90. The van der Waals surface area contributed by atoms with Gasteiger partial charge < -0.3 is 5.32 Å². The molecule has 0 spiro atoms. The first-order valence-corrected chi connectivity index (χ1v) is 5.64. The fourth-order valence-corrected chi connectivity index (χ4v) is 1.97. The highest BCUT2D eigenvalue weighted by Gasteiger charge is 2.37. The highest BCUT2D eigenvalue weighted by atomic mass is 79.9. The molecule has 1 N–H and O–H groups in total. The van der Waals surface area contributed by atoms with E-state index >= 15 is 0 Å². The predicted molar refractivity (Wildman–Crippen MR) is 60.5 cm³/mol. The van der Waals surface area contributed by atoms with Gasteiger partial charge in [0, 0.05) is 13.0 Å². The van der Waals surface area contributed by atoms with E-state index < -0.39 is 0 Å². The molecule has 0 saturated heterocycles. The van der Waals surface area contributed by atoms with Gasteiger partial charge in [-0.05, 0) is 35.2 Å². The van der Waals surface area contributed by atoms with Crippen molar-refractivity contribution in [2.24, 2.45) is 5.92 Å². The van der Waals surface area contributed by atoms with Crippen molar-refractivity contribution in [3.05, 3.63) is 16.0 Å². The lowest BCUT2D eigenvalue weighted by atomic mass is 10.3. The summed E-state index contributed by atoms with van der Waals surface area (Å²) in [5.74, 6) is 3.21. The molecule has 2 unspecified atom stereocenters. The van der Waals surface area contributed by atoms with E-state index in [-0.39, 0.29) is 0 Å². The average Bonchev–Trinajstić information content (AvgIpc) is 2.87. The summed E-state index contributed by atoms with van der Waals surface area (Å²) in [4.78, 5) is 8.99. The van der Waals surface area contributed by atoms with Crippen LogP contribution in [-0.4, -0.2) is 17.0 Å². The molecular formula is C10H14BrN3. The number of anilines is 1. The molecule has 1 fully saturated rings. The van der Waals surface area contributed by atoms with Crippen molar-refractivity contribution in [1.82, 2.24) is 9.97 Å². The normalized spacial score (nSPS) is 24.9. The number of halogens is 1. The SMILES string of the molecule is CNc1nc(C2CC2C)nc(C)c1Br. The molecule has 0 aromatic carbocycles. The van der Waals surface area contributed by atoms with Gasteiger partial charge in [0.2, 0.25) is 0 Å². The predicted octanol–water partition coefficient (Wildman–Crippen LogP) is 2.71. The standard InChI is InChI=1S/C10H14BrN3/c1-5-4-7(5)9-13-6(2)8(11)10(12-3)14-9/h5,7H,4H2,1-3H3,(H,12,13,14). The summed E-state index contributed by atoms with van der Waals surface area (Å²) in [6, 6.07) is 0. The van der Waals surface area contributed by atoms with Crippen LogP contribution in [-0.2, 0) is 0 Å². The number of hydrogen-bond donors (Lipinski definition) is 1. The second-order valence-corrected chi connectivity index (χ2v) is 4.69.